The van der Waals surface area contributed by atoms with Gasteiger partial charge in [0.15, 0.2) is 0 Å². The van der Waals surface area contributed by atoms with Crippen molar-refractivity contribution in [1.82, 2.24) is 0 Å². The number of hydrogen-bond acceptors (Lipinski definition) is 2. The van der Waals surface area contributed by atoms with Gasteiger partial charge in [0.2, 0.25) is 0 Å². The first-order valence-electron chi connectivity index (χ1n) is 3.36. The van der Waals surface area contributed by atoms with E-state index in [9.17, 15) is 0 Å². The molecule has 0 heterocycles. The zero-order valence-corrected chi connectivity index (χ0v) is 6.86. The molecule has 0 amide bonds. The minimum absolute atomic E-state index is 0.956. The van der Waals surface area contributed by atoms with Gasteiger partial charge in [0.1, 0.15) is 0 Å². The highest BCUT2D eigenvalue weighted by molar-refractivity contribution is 7.80. The second kappa shape index (κ2) is 3.52. The molecule has 0 bridgehead atoms. The van der Waals surface area contributed by atoms with Gasteiger partial charge in [-0.25, -0.2) is 0 Å². The zero-order valence-electron chi connectivity index (χ0n) is 5.96. The summed E-state index contributed by atoms with van der Waals surface area (Å²) in [5, 5.41) is 3.20. The van der Waals surface area contributed by atoms with Crippen LogP contribution in [0.2, 0.25) is 0 Å². The Hall–Kier alpha value is -0.630. The lowest BCUT2D eigenvalue weighted by molar-refractivity contribution is 1.21. The topological polar surface area (TPSA) is 12.0 Å². The molecule has 0 radical (unpaired) electrons. The van der Waals surface area contributed by atoms with Crippen LogP contribution in [-0.4, -0.2) is 6.54 Å². The van der Waals surface area contributed by atoms with Crippen molar-refractivity contribution in [1.29, 1.82) is 0 Å². The SMILES string of the molecule is CCNc1cccc(S)c1. The van der Waals surface area contributed by atoms with E-state index in [0.717, 1.165) is 17.1 Å². The van der Waals surface area contributed by atoms with Crippen LogP contribution in [0.3, 0.4) is 0 Å². The molecule has 0 saturated carbocycles. The Labute approximate surface area is 66.9 Å². The predicted molar refractivity (Wildman–Crippen MR) is 47.9 cm³/mol. The third kappa shape index (κ3) is 1.95. The first-order valence-corrected chi connectivity index (χ1v) is 3.80. The van der Waals surface area contributed by atoms with Crippen molar-refractivity contribution in [2.75, 3.05) is 11.9 Å². The predicted octanol–water partition coefficient (Wildman–Crippen LogP) is 2.41. The number of anilines is 1. The smallest absolute Gasteiger partial charge is 0.0351 e. The van der Waals surface area contributed by atoms with E-state index in [1.807, 2.05) is 24.3 Å². The normalized spacial score (nSPS) is 9.40. The average molecular weight is 153 g/mol. The highest BCUT2D eigenvalue weighted by Gasteiger charge is 1.87. The summed E-state index contributed by atoms with van der Waals surface area (Å²) in [6.07, 6.45) is 0. The van der Waals surface area contributed by atoms with Gasteiger partial charge >= 0.3 is 0 Å². The van der Waals surface area contributed by atoms with Crippen LogP contribution in [0.25, 0.3) is 0 Å². The fourth-order valence-corrected chi connectivity index (χ4v) is 1.05. The zero-order chi connectivity index (χ0) is 7.40. The summed E-state index contributed by atoms with van der Waals surface area (Å²) in [7, 11) is 0. The maximum Gasteiger partial charge on any atom is 0.0351 e. The molecule has 0 unspecified atom stereocenters. The molecule has 0 aliphatic carbocycles. The third-order valence-electron chi connectivity index (χ3n) is 1.23. The molecule has 0 fully saturated rings. The van der Waals surface area contributed by atoms with E-state index in [0.29, 0.717) is 0 Å². The van der Waals surface area contributed by atoms with Crippen LogP contribution in [0.1, 0.15) is 6.92 Å². The molecule has 10 heavy (non-hydrogen) atoms. The fourth-order valence-electron chi connectivity index (χ4n) is 0.820. The molecule has 0 aliphatic heterocycles. The van der Waals surface area contributed by atoms with E-state index in [1.54, 1.807) is 0 Å². The molecule has 2 heteroatoms. The second-order valence-corrected chi connectivity index (χ2v) is 2.60. The number of hydrogen-bond donors (Lipinski definition) is 2. The van der Waals surface area contributed by atoms with Crippen molar-refractivity contribution >= 4 is 18.3 Å². The van der Waals surface area contributed by atoms with E-state index in [4.69, 9.17) is 0 Å². The molecule has 1 nitrogen and oxygen atoms in total. The summed E-state index contributed by atoms with van der Waals surface area (Å²) in [6, 6.07) is 7.99. The van der Waals surface area contributed by atoms with Crippen LogP contribution in [-0.2, 0) is 0 Å². The first-order chi connectivity index (χ1) is 4.83. The number of benzene rings is 1. The Morgan fingerprint density at radius 1 is 1.50 bits per heavy atom. The fraction of sp³-hybridized carbons (Fsp3) is 0.250. The monoisotopic (exact) mass is 153 g/mol. The van der Waals surface area contributed by atoms with Gasteiger partial charge in [0.05, 0.1) is 0 Å². The van der Waals surface area contributed by atoms with E-state index in [-0.39, 0.29) is 0 Å². The largest absolute Gasteiger partial charge is 0.385 e. The molecule has 1 aromatic carbocycles. The molecule has 0 saturated heterocycles. The Morgan fingerprint density at radius 2 is 2.30 bits per heavy atom. The van der Waals surface area contributed by atoms with E-state index in [1.165, 1.54) is 0 Å². The van der Waals surface area contributed by atoms with Gasteiger partial charge in [0.25, 0.3) is 0 Å². The number of thiol groups is 1. The van der Waals surface area contributed by atoms with Gasteiger partial charge in [-0.3, -0.25) is 0 Å². The van der Waals surface area contributed by atoms with E-state index < -0.39 is 0 Å². The van der Waals surface area contributed by atoms with Crippen molar-refractivity contribution in [3.05, 3.63) is 24.3 Å². The Morgan fingerprint density at radius 3 is 2.90 bits per heavy atom. The lowest BCUT2D eigenvalue weighted by atomic mass is 10.3. The van der Waals surface area contributed by atoms with Crippen LogP contribution in [0.15, 0.2) is 29.2 Å². The maximum absolute atomic E-state index is 4.21. The van der Waals surface area contributed by atoms with Crippen molar-refractivity contribution in [2.24, 2.45) is 0 Å². The van der Waals surface area contributed by atoms with Gasteiger partial charge in [-0.15, -0.1) is 12.6 Å². The Balaban J connectivity index is 2.75. The van der Waals surface area contributed by atoms with Crippen molar-refractivity contribution < 1.29 is 0 Å². The molecule has 1 rings (SSSR count). The maximum atomic E-state index is 4.21. The van der Waals surface area contributed by atoms with Crippen LogP contribution in [0, 0.1) is 0 Å². The quantitative estimate of drug-likeness (QED) is 0.622. The summed E-state index contributed by atoms with van der Waals surface area (Å²) in [5.41, 5.74) is 1.13. The molecular formula is C8H11NS. The molecule has 0 spiro atoms. The van der Waals surface area contributed by atoms with E-state index >= 15 is 0 Å². The molecular weight excluding hydrogens is 142 g/mol. The highest BCUT2D eigenvalue weighted by atomic mass is 32.1. The Bertz CT molecular complexity index is 210. The van der Waals surface area contributed by atoms with Crippen molar-refractivity contribution in [3.63, 3.8) is 0 Å². The Kier molecular flexibility index (Phi) is 2.63. The lowest BCUT2D eigenvalue weighted by Crippen LogP contribution is -1.95. The second-order valence-electron chi connectivity index (χ2n) is 2.08. The summed E-state index contributed by atoms with van der Waals surface area (Å²) < 4.78 is 0. The summed E-state index contributed by atoms with van der Waals surface area (Å²) >= 11 is 4.21. The number of nitrogens with one attached hydrogen (secondary N) is 1. The van der Waals surface area contributed by atoms with Crippen molar-refractivity contribution in [3.8, 4) is 0 Å². The van der Waals surface area contributed by atoms with Crippen LogP contribution in [0.4, 0.5) is 5.69 Å². The molecule has 1 aromatic rings. The highest BCUT2D eigenvalue weighted by Crippen LogP contribution is 2.12. The molecule has 54 valence electrons. The molecule has 0 aliphatic rings. The molecule has 1 N–H and O–H groups in total. The lowest BCUT2D eigenvalue weighted by Gasteiger charge is -2.01. The van der Waals surface area contributed by atoms with Crippen LogP contribution < -0.4 is 5.32 Å². The average Bonchev–Trinajstić information content (AvgIpc) is 1.88. The van der Waals surface area contributed by atoms with Crippen molar-refractivity contribution in [2.45, 2.75) is 11.8 Å². The summed E-state index contributed by atoms with van der Waals surface area (Å²) in [4.78, 5) is 0.999. The van der Waals surface area contributed by atoms with Crippen LogP contribution in [0.5, 0.6) is 0 Å². The minimum atomic E-state index is 0.956. The van der Waals surface area contributed by atoms with E-state index in [2.05, 4.69) is 24.9 Å². The summed E-state index contributed by atoms with van der Waals surface area (Å²) in [5.74, 6) is 0. The summed E-state index contributed by atoms with van der Waals surface area (Å²) in [6.45, 7) is 3.03. The van der Waals surface area contributed by atoms with Gasteiger partial charge < -0.3 is 5.32 Å². The van der Waals surface area contributed by atoms with Gasteiger partial charge in [-0.05, 0) is 25.1 Å². The van der Waals surface area contributed by atoms with Gasteiger partial charge in [-0.2, -0.15) is 0 Å². The number of rotatable bonds is 2. The first kappa shape index (κ1) is 7.48. The van der Waals surface area contributed by atoms with Gasteiger partial charge in [-0.1, -0.05) is 6.07 Å². The molecule has 0 atom stereocenters. The van der Waals surface area contributed by atoms with Crippen LogP contribution >= 0.6 is 12.6 Å². The molecule has 0 aromatic heterocycles. The van der Waals surface area contributed by atoms with Gasteiger partial charge in [0, 0.05) is 17.1 Å². The minimum Gasteiger partial charge on any atom is -0.385 e. The third-order valence-corrected chi connectivity index (χ3v) is 1.51. The standard InChI is InChI=1S/C8H11NS/c1-2-9-7-4-3-5-8(10)6-7/h3-6,9-10H,2H2,1H3.